The lowest BCUT2D eigenvalue weighted by Crippen LogP contribution is -2.54. The number of aliphatic carboxylic acids is 1. The molecule has 0 amide bonds. The van der Waals surface area contributed by atoms with Crippen LogP contribution in [0.5, 0.6) is 0 Å². The number of carbonyl (C=O) groups is 1. The average molecular weight is 389 g/mol. The standard InChI is InChI=1S/C23H36N2O3/c1-17-4-7-20(28-3)8-9-23(10-12-24-15-22(26)27)11-13-25(16-19-5-6-19)21(14-17)18(23)2/h4,7-8,18-19,21,24H,1,5-6,9-16H2,2-3H3,(H,26,27)/b7-4-,20-8+/t18-,21+,23-/m1/s1. The molecule has 5 nitrogen and oxygen atoms in total. The molecule has 1 saturated heterocycles. The summed E-state index contributed by atoms with van der Waals surface area (Å²) in [5.74, 6) is 1.50. The lowest BCUT2D eigenvalue weighted by atomic mass is 9.62. The minimum absolute atomic E-state index is 0.0282. The minimum Gasteiger partial charge on any atom is -0.497 e. The van der Waals surface area contributed by atoms with E-state index in [4.69, 9.17) is 9.84 Å². The predicted octanol–water partition coefficient (Wildman–Crippen LogP) is 3.59. The van der Waals surface area contributed by atoms with Gasteiger partial charge in [0.05, 0.1) is 13.7 Å². The molecule has 5 heteroatoms. The van der Waals surface area contributed by atoms with E-state index in [0.717, 1.165) is 56.0 Å². The van der Waals surface area contributed by atoms with Gasteiger partial charge in [-0.15, -0.1) is 0 Å². The second-order valence-corrected chi connectivity index (χ2v) is 8.94. The number of carboxylic acid groups (broad SMARTS) is 1. The molecule has 3 atom stereocenters. The molecule has 28 heavy (non-hydrogen) atoms. The quantitative estimate of drug-likeness (QED) is 0.622. The van der Waals surface area contributed by atoms with Crippen molar-refractivity contribution in [2.45, 2.75) is 51.5 Å². The zero-order valence-corrected chi connectivity index (χ0v) is 17.5. The van der Waals surface area contributed by atoms with E-state index in [-0.39, 0.29) is 12.0 Å². The van der Waals surface area contributed by atoms with E-state index in [1.807, 2.05) is 6.08 Å². The van der Waals surface area contributed by atoms with Crippen molar-refractivity contribution in [1.82, 2.24) is 10.2 Å². The highest BCUT2D eigenvalue weighted by Gasteiger charge is 2.46. The number of fused-ring (bicyclic) bond motifs is 2. The largest absolute Gasteiger partial charge is 0.497 e. The Bertz CT molecular complexity index is 638. The van der Waals surface area contributed by atoms with Crippen LogP contribution in [0.1, 0.15) is 45.4 Å². The number of likely N-dealkylation sites (tertiary alicyclic amines) is 1. The van der Waals surface area contributed by atoms with Gasteiger partial charge in [0, 0.05) is 12.6 Å². The minimum atomic E-state index is -0.795. The van der Waals surface area contributed by atoms with E-state index in [1.165, 1.54) is 19.4 Å². The zero-order valence-electron chi connectivity index (χ0n) is 17.5. The third kappa shape index (κ3) is 5.26. The van der Waals surface area contributed by atoms with Gasteiger partial charge in [-0.2, -0.15) is 0 Å². The third-order valence-electron chi connectivity index (χ3n) is 7.07. The molecular weight excluding hydrogens is 352 g/mol. The van der Waals surface area contributed by atoms with Crippen LogP contribution >= 0.6 is 0 Å². The lowest BCUT2D eigenvalue weighted by Gasteiger charge is -2.52. The topological polar surface area (TPSA) is 61.8 Å². The Balaban J connectivity index is 1.82. The summed E-state index contributed by atoms with van der Waals surface area (Å²) in [6.45, 7) is 9.82. The van der Waals surface area contributed by atoms with Crippen LogP contribution in [0.4, 0.5) is 0 Å². The Morgan fingerprint density at radius 3 is 2.89 bits per heavy atom. The average Bonchev–Trinajstić information content (AvgIpc) is 3.47. The molecule has 1 saturated carbocycles. The van der Waals surface area contributed by atoms with Crippen molar-refractivity contribution in [1.29, 1.82) is 0 Å². The molecule has 1 heterocycles. The van der Waals surface area contributed by atoms with Crippen LogP contribution in [-0.2, 0) is 9.53 Å². The maximum Gasteiger partial charge on any atom is 0.317 e. The lowest BCUT2D eigenvalue weighted by molar-refractivity contribution is -0.136. The fraction of sp³-hybridized carbons (Fsp3) is 0.696. The number of hydrogen-bond acceptors (Lipinski definition) is 4. The van der Waals surface area contributed by atoms with Crippen molar-refractivity contribution in [2.24, 2.45) is 17.3 Å². The number of ether oxygens (including phenoxy) is 1. The Kier molecular flexibility index (Phi) is 7.00. The SMILES string of the molecule is C=C1/C=C\C(OC)=C/C[C@@]2(CCNCC(=O)O)CCN(CC3CC3)[C@@H](C1)[C@H]2C. The fourth-order valence-electron chi connectivity index (χ4n) is 4.98. The first-order valence-electron chi connectivity index (χ1n) is 10.7. The van der Waals surface area contributed by atoms with E-state index in [2.05, 4.69) is 35.9 Å². The second-order valence-electron chi connectivity index (χ2n) is 8.94. The highest BCUT2D eigenvalue weighted by molar-refractivity contribution is 5.68. The fourth-order valence-corrected chi connectivity index (χ4v) is 4.98. The first-order chi connectivity index (χ1) is 13.4. The molecule has 0 aromatic rings. The molecule has 156 valence electrons. The zero-order chi connectivity index (χ0) is 20.1. The van der Waals surface area contributed by atoms with E-state index < -0.39 is 5.97 Å². The number of piperidine rings is 1. The Hall–Kier alpha value is -1.59. The van der Waals surface area contributed by atoms with Gasteiger partial charge in [-0.25, -0.2) is 0 Å². The van der Waals surface area contributed by atoms with Crippen molar-refractivity contribution in [3.8, 4) is 0 Å². The summed E-state index contributed by atoms with van der Waals surface area (Å²) in [6.07, 6.45) is 13.2. The van der Waals surface area contributed by atoms with Gasteiger partial charge in [-0.1, -0.05) is 25.2 Å². The number of rotatable bonds is 8. The van der Waals surface area contributed by atoms with Crippen LogP contribution in [0.15, 0.2) is 36.1 Å². The number of allylic oxidation sites excluding steroid dienone is 3. The van der Waals surface area contributed by atoms with Gasteiger partial charge < -0.3 is 15.2 Å². The van der Waals surface area contributed by atoms with Crippen LogP contribution < -0.4 is 5.32 Å². The Morgan fingerprint density at radius 1 is 1.43 bits per heavy atom. The Labute approximate surface area is 169 Å². The summed E-state index contributed by atoms with van der Waals surface area (Å²) in [5.41, 5.74) is 1.31. The number of nitrogens with one attached hydrogen (secondary N) is 1. The van der Waals surface area contributed by atoms with Crippen molar-refractivity contribution in [3.63, 3.8) is 0 Å². The van der Waals surface area contributed by atoms with E-state index in [9.17, 15) is 4.79 Å². The van der Waals surface area contributed by atoms with Crippen molar-refractivity contribution in [3.05, 3.63) is 36.1 Å². The molecule has 2 aliphatic carbocycles. The Morgan fingerprint density at radius 2 is 2.21 bits per heavy atom. The van der Waals surface area contributed by atoms with Crippen molar-refractivity contribution < 1.29 is 14.6 Å². The van der Waals surface area contributed by atoms with E-state index in [1.54, 1.807) is 7.11 Å². The summed E-state index contributed by atoms with van der Waals surface area (Å²) < 4.78 is 5.56. The summed E-state index contributed by atoms with van der Waals surface area (Å²) in [7, 11) is 1.72. The molecule has 2 bridgehead atoms. The normalized spacial score (nSPS) is 34.4. The molecule has 3 rings (SSSR count). The van der Waals surface area contributed by atoms with Gasteiger partial charge in [0.1, 0.15) is 5.76 Å². The first kappa shape index (κ1) is 21.1. The number of hydrogen-bond donors (Lipinski definition) is 2. The number of carboxylic acids is 1. The predicted molar refractivity (Wildman–Crippen MR) is 112 cm³/mol. The van der Waals surface area contributed by atoms with Crippen LogP contribution in [0.3, 0.4) is 0 Å². The van der Waals surface area contributed by atoms with Gasteiger partial charge in [-0.05, 0) is 81.0 Å². The van der Waals surface area contributed by atoms with Gasteiger partial charge in [0.25, 0.3) is 0 Å². The molecular formula is C23H36N2O3. The molecule has 0 aromatic carbocycles. The van der Waals surface area contributed by atoms with Crippen molar-refractivity contribution in [2.75, 3.05) is 33.3 Å². The highest BCUT2D eigenvalue weighted by Crippen LogP contribution is 2.48. The van der Waals surface area contributed by atoms with Crippen LogP contribution in [0, 0.1) is 17.3 Å². The molecule has 1 aliphatic heterocycles. The third-order valence-corrected chi connectivity index (χ3v) is 7.07. The van der Waals surface area contributed by atoms with Crippen molar-refractivity contribution >= 4 is 5.97 Å². The molecule has 0 radical (unpaired) electrons. The highest BCUT2D eigenvalue weighted by atomic mass is 16.5. The van der Waals surface area contributed by atoms with E-state index in [0.29, 0.717) is 12.0 Å². The molecule has 2 N–H and O–H groups in total. The smallest absolute Gasteiger partial charge is 0.317 e. The summed E-state index contributed by atoms with van der Waals surface area (Å²) in [6, 6.07) is 0.503. The van der Waals surface area contributed by atoms with Crippen LogP contribution in [0.25, 0.3) is 0 Å². The van der Waals surface area contributed by atoms with Crippen LogP contribution in [0.2, 0.25) is 0 Å². The summed E-state index contributed by atoms with van der Waals surface area (Å²) in [5, 5.41) is 12.0. The van der Waals surface area contributed by atoms with E-state index >= 15 is 0 Å². The van der Waals surface area contributed by atoms with Crippen LogP contribution in [-0.4, -0.2) is 55.3 Å². The molecule has 3 aliphatic rings. The maximum atomic E-state index is 10.9. The maximum absolute atomic E-state index is 10.9. The second kappa shape index (κ2) is 9.27. The molecule has 0 spiro atoms. The van der Waals surface area contributed by atoms with Gasteiger partial charge in [-0.3, -0.25) is 9.69 Å². The number of methoxy groups -OCH3 is 1. The summed E-state index contributed by atoms with van der Waals surface area (Å²) in [4.78, 5) is 13.6. The monoisotopic (exact) mass is 388 g/mol. The first-order valence-corrected chi connectivity index (χ1v) is 10.7. The number of nitrogens with zero attached hydrogens (tertiary/aromatic N) is 1. The molecule has 2 fully saturated rings. The van der Waals surface area contributed by atoms with Gasteiger partial charge in [0.15, 0.2) is 0 Å². The molecule has 0 aromatic heterocycles. The van der Waals surface area contributed by atoms with Gasteiger partial charge in [0.2, 0.25) is 0 Å². The summed E-state index contributed by atoms with van der Waals surface area (Å²) >= 11 is 0. The molecule has 0 unspecified atom stereocenters. The van der Waals surface area contributed by atoms with Gasteiger partial charge >= 0.3 is 5.97 Å².